The molecule has 0 saturated heterocycles. The summed E-state index contributed by atoms with van der Waals surface area (Å²) < 4.78 is 5.79. The molecule has 0 saturated carbocycles. The van der Waals surface area contributed by atoms with Crippen LogP contribution in [0.25, 0.3) is 10.2 Å². The molecule has 0 unspecified atom stereocenters. The van der Waals surface area contributed by atoms with Gasteiger partial charge in [0.2, 0.25) is 5.91 Å². The average Bonchev–Trinajstić information content (AvgIpc) is 3.31. The summed E-state index contributed by atoms with van der Waals surface area (Å²) in [6, 6.07) is 7.76. The van der Waals surface area contributed by atoms with Gasteiger partial charge in [0.05, 0.1) is 17.2 Å². The molecule has 1 aliphatic carbocycles. The van der Waals surface area contributed by atoms with Crippen molar-refractivity contribution in [2.45, 2.75) is 57.9 Å². The summed E-state index contributed by atoms with van der Waals surface area (Å²) >= 11 is 3.26. The molecule has 1 aliphatic rings. The zero-order valence-electron chi connectivity index (χ0n) is 17.8. The molecule has 0 fully saturated rings. The summed E-state index contributed by atoms with van der Waals surface area (Å²) in [4.78, 5) is 34.5. The first-order valence-corrected chi connectivity index (χ1v) is 12.6. The van der Waals surface area contributed by atoms with Gasteiger partial charge >= 0.3 is 0 Å². The Bertz CT molecular complexity index is 1140. The average molecular weight is 458 g/mol. The monoisotopic (exact) mass is 457 g/mol. The third-order valence-corrected chi connectivity index (χ3v) is 7.30. The summed E-state index contributed by atoms with van der Waals surface area (Å²) in [6.07, 6.45) is 3.67. The quantitative estimate of drug-likeness (QED) is 0.471. The zero-order chi connectivity index (χ0) is 21.8. The van der Waals surface area contributed by atoms with E-state index < -0.39 is 0 Å². The number of rotatable bonds is 9. The number of hydrogen-bond donors (Lipinski definition) is 2. The molecule has 6 nitrogen and oxygen atoms in total. The van der Waals surface area contributed by atoms with Gasteiger partial charge in [0.25, 0.3) is 5.56 Å². The highest BCUT2D eigenvalue weighted by Gasteiger charge is 2.21. The Labute approximate surface area is 189 Å². The number of aromatic nitrogens is 2. The maximum absolute atomic E-state index is 12.5. The highest BCUT2D eigenvalue weighted by molar-refractivity contribution is 7.98. The molecule has 0 spiro atoms. The molecule has 0 radical (unpaired) electrons. The van der Waals surface area contributed by atoms with Crippen LogP contribution < -0.4 is 15.6 Å². The van der Waals surface area contributed by atoms with E-state index in [-0.39, 0.29) is 17.6 Å². The molecule has 164 valence electrons. The van der Waals surface area contributed by atoms with Gasteiger partial charge < -0.3 is 15.0 Å². The van der Waals surface area contributed by atoms with Crippen LogP contribution in [0.3, 0.4) is 0 Å². The Hall–Kier alpha value is -2.32. The third kappa shape index (κ3) is 5.30. The molecular formula is C23H27N3O3S2. The molecule has 8 heteroatoms. The second kappa shape index (κ2) is 9.87. The van der Waals surface area contributed by atoms with Crippen molar-refractivity contribution in [1.82, 2.24) is 15.3 Å². The van der Waals surface area contributed by atoms with Gasteiger partial charge in [-0.15, -0.1) is 11.3 Å². The fourth-order valence-corrected chi connectivity index (χ4v) is 5.83. The number of para-hydroxylation sites is 1. The molecule has 2 N–H and O–H groups in total. The number of thiophene rings is 1. The van der Waals surface area contributed by atoms with Gasteiger partial charge in [-0.25, -0.2) is 4.98 Å². The van der Waals surface area contributed by atoms with Crippen molar-refractivity contribution < 1.29 is 9.53 Å². The zero-order valence-corrected chi connectivity index (χ0v) is 19.5. The maximum Gasteiger partial charge on any atom is 0.259 e. The number of H-pyrrole nitrogens is 1. The van der Waals surface area contributed by atoms with Crippen LogP contribution in [0.4, 0.5) is 0 Å². The van der Waals surface area contributed by atoms with Gasteiger partial charge in [0.15, 0.2) is 0 Å². The van der Waals surface area contributed by atoms with Crippen LogP contribution in [0.2, 0.25) is 0 Å². The van der Waals surface area contributed by atoms with Gasteiger partial charge in [0.1, 0.15) is 16.4 Å². The number of fused-ring (bicyclic) bond motifs is 3. The Morgan fingerprint density at radius 3 is 3.00 bits per heavy atom. The van der Waals surface area contributed by atoms with Crippen LogP contribution in [-0.4, -0.2) is 27.7 Å². The van der Waals surface area contributed by atoms with Crippen molar-refractivity contribution in [1.29, 1.82) is 0 Å². The fourth-order valence-electron chi connectivity index (χ4n) is 3.75. The number of ether oxygens (including phenoxy) is 1. The molecule has 1 aromatic carbocycles. The lowest BCUT2D eigenvalue weighted by molar-refractivity contribution is -0.120. The van der Waals surface area contributed by atoms with E-state index in [2.05, 4.69) is 15.3 Å². The van der Waals surface area contributed by atoms with Crippen molar-refractivity contribution in [3.8, 4) is 5.75 Å². The van der Waals surface area contributed by atoms with Crippen LogP contribution >= 0.6 is 23.1 Å². The third-order valence-electron chi connectivity index (χ3n) is 5.15. The van der Waals surface area contributed by atoms with Gasteiger partial charge in [-0.1, -0.05) is 18.2 Å². The van der Waals surface area contributed by atoms with E-state index >= 15 is 0 Å². The van der Waals surface area contributed by atoms with E-state index in [0.29, 0.717) is 30.3 Å². The summed E-state index contributed by atoms with van der Waals surface area (Å²) in [5, 5.41) is 3.75. The number of nitrogens with one attached hydrogen (secondary N) is 2. The molecular weight excluding hydrogens is 430 g/mol. The Morgan fingerprint density at radius 1 is 1.32 bits per heavy atom. The largest absolute Gasteiger partial charge is 0.491 e. The number of nitrogens with zero attached hydrogens (tertiary/aromatic N) is 1. The van der Waals surface area contributed by atoms with Crippen LogP contribution in [0, 0.1) is 0 Å². The van der Waals surface area contributed by atoms with E-state index in [4.69, 9.17) is 4.74 Å². The van der Waals surface area contributed by atoms with Crippen molar-refractivity contribution >= 4 is 39.2 Å². The van der Waals surface area contributed by atoms with Crippen molar-refractivity contribution in [2.24, 2.45) is 0 Å². The molecule has 0 aliphatic heterocycles. The lowest BCUT2D eigenvalue weighted by atomic mass is 10.2. The van der Waals surface area contributed by atoms with E-state index in [1.54, 1.807) is 23.1 Å². The highest BCUT2D eigenvalue weighted by atomic mass is 32.2. The second-order valence-corrected chi connectivity index (χ2v) is 10.1. The molecule has 31 heavy (non-hydrogen) atoms. The maximum atomic E-state index is 12.5. The Morgan fingerprint density at radius 2 is 2.16 bits per heavy atom. The van der Waals surface area contributed by atoms with Crippen LogP contribution in [0.5, 0.6) is 5.75 Å². The van der Waals surface area contributed by atoms with Gasteiger partial charge in [-0.3, -0.25) is 9.59 Å². The molecule has 0 bridgehead atoms. The SMILES string of the molecule is CC(C)Oc1ccccc1CNC(=O)CCSCc1nc2sc3c(c2c(=O)[nH]1)CCC3. The molecule has 3 aromatic rings. The predicted molar refractivity (Wildman–Crippen MR) is 127 cm³/mol. The molecule has 2 aromatic heterocycles. The van der Waals surface area contributed by atoms with Crippen LogP contribution in [0.15, 0.2) is 29.1 Å². The lowest BCUT2D eigenvalue weighted by Crippen LogP contribution is -2.23. The molecule has 2 heterocycles. The first-order chi connectivity index (χ1) is 15.0. The van der Waals surface area contributed by atoms with Crippen LogP contribution in [0.1, 0.15) is 48.5 Å². The minimum absolute atomic E-state index is 0.00145. The van der Waals surface area contributed by atoms with Gasteiger partial charge in [-0.05, 0) is 44.7 Å². The van der Waals surface area contributed by atoms with E-state index in [1.165, 1.54) is 10.4 Å². The lowest BCUT2D eigenvalue weighted by Gasteiger charge is -2.14. The number of carbonyl (C=O) groups is 1. The summed E-state index contributed by atoms with van der Waals surface area (Å²) in [5.41, 5.74) is 2.14. The first kappa shape index (κ1) is 21.9. The first-order valence-electron chi connectivity index (χ1n) is 10.6. The number of carbonyl (C=O) groups excluding carboxylic acids is 1. The molecule has 4 rings (SSSR count). The van der Waals surface area contributed by atoms with Crippen molar-refractivity contribution in [3.63, 3.8) is 0 Å². The van der Waals surface area contributed by atoms with E-state index in [9.17, 15) is 9.59 Å². The number of aryl methyl sites for hydroxylation is 2. The van der Waals surface area contributed by atoms with Gasteiger partial charge in [-0.2, -0.15) is 11.8 Å². The minimum atomic E-state index is -0.0278. The van der Waals surface area contributed by atoms with Gasteiger partial charge in [0, 0.05) is 29.2 Å². The predicted octanol–water partition coefficient (Wildman–Crippen LogP) is 4.20. The van der Waals surface area contributed by atoms with Crippen LogP contribution in [-0.2, 0) is 29.9 Å². The normalized spacial score (nSPS) is 13.0. The number of thioether (sulfide) groups is 1. The summed E-state index contributed by atoms with van der Waals surface area (Å²) in [5.74, 6) is 2.74. The number of amides is 1. The minimum Gasteiger partial charge on any atom is -0.491 e. The number of benzene rings is 1. The van der Waals surface area contributed by atoms with E-state index in [0.717, 1.165) is 40.8 Å². The smallest absolute Gasteiger partial charge is 0.259 e. The molecule has 0 atom stereocenters. The Balaban J connectivity index is 1.25. The summed E-state index contributed by atoms with van der Waals surface area (Å²) in [6.45, 7) is 4.41. The highest BCUT2D eigenvalue weighted by Crippen LogP contribution is 2.34. The second-order valence-electron chi connectivity index (χ2n) is 7.90. The topological polar surface area (TPSA) is 84.1 Å². The van der Waals surface area contributed by atoms with Crippen molar-refractivity contribution in [2.75, 3.05) is 5.75 Å². The fraction of sp³-hybridized carbons (Fsp3) is 0.435. The standard InChI is InChI=1S/C23H27N3O3S2/c1-14(2)29-17-8-4-3-6-15(17)12-24-20(27)10-11-30-13-19-25-22(28)21-16-7-5-9-18(16)31-23(21)26-19/h3-4,6,8,14H,5,7,9-13H2,1-2H3,(H,24,27)(H,25,26,28). The van der Waals surface area contributed by atoms with E-state index in [1.807, 2.05) is 38.1 Å². The molecule has 1 amide bonds. The number of hydrogen-bond acceptors (Lipinski definition) is 6. The van der Waals surface area contributed by atoms with Crippen molar-refractivity contribution in [3.05, 3.63) is 56.4 Å². The summed E-state index contributed by atoms with van der Waals surface area (Å²) in [7, 11) is 0. The number of aromatic amines is 1. The Kier molecular flexibility index (Phi) is 6.97.